The maximum absolute atomic E-state index is 12.4. The van der Waals surface area contributed by atoms with Crippen molar-refractivity contribution in [3.05, 3.63) is 53.6 Å². The van der Waals surface area contributed by atoms with Gasteiger partial charge in [0.15, 0.2) is 0 Å². The van der Waals surface area contributed by atoms with Crippen LogP contribution in [0.3, 0.4) is 0 Å². The first kappa shape index (κ1) is 13.6. The van der Waals surface area contributed by atoms with Gasteiger partial charge in [-0.2, -0.15) is 0 Å². The first-order valence-corrected chi connectivity index (χ1v) is 7.99. The van der Waals surface area contributed by atoms with Crippen molar-refractivity contribution in [1.29, 1.82) is 0 Å². The van der Waals surface area contributed by atoms with Crippen LogP contribution in [0.25, 0.3) is 11.0 Å². The lowest BCUT2D eigenvalue weighted by molar-refractivity contribution is 0.600. The molecule has 0 amide bonds. The van der Waals surface area contributed by atoms with E-state index in [4.69, 9.17) is 0 Å². The van der Waals surface area contributed by atoms with E-state index in [9.17, 15) is 8.42 Å². The molecule has 0 saturated carbocycles. The average Bonchev–Trinajstić information content (AvgIpc) is 2.79. The molecule has 3 aromatic rings. The predicted molar refractivity (Wildman–Crippen MR) is 82.8 cm³/mol. The summed E-state index contributed by atoms with van der Waals surface area (Å²) in [5.41, 5.74) is 3.24. The van der Waals surface area contributed by atoms with Gasteiger partial charge in [-0.15, -0.1) is 0 Å². The Morgan fingerprint density at radius 3 is 2.57 bits per heavy atom. The summed E-state index contributed by atoms with van der Waals surface area (Å²) in [5.74, 6) is 0.219. The minimum Gasteiger partial charge on any atom is -0.323 e. The van der Waals surface area contributed by atoms with Crippen molar-refractivity contribution in [3.63, 3.8) is 0 Å². The Balaban J connectivity index is 1.99. The predicted octanol–water partition coefficient (Wildman–Crippen LogP) is 2.98. The van der Waals surface area contributed by atoms with Gasteiger partial charge in [-0.05, 0) is 37.6 Å². The highest BCUT2D eigenvalue weighted by molar-refractivity contribution is 7.92. The van der Waals surface area contributed by atoms with Crippen LogP contribution in [0.5, 0.6) is 0 Å². The summed E-state index contributed by atoms with van der Waals surface area (Å²) < 4.78 is 27.4. The van der Waals surface area contributed by atoms with Gasteiger partial charge in [0.05, 0.1) is 15.9 Å². The van der Waals surface area contributed by atoms with E-state index in [0.29, 0.717) is 5.56 Å². The number of fused-ring (bicyclic) bond motifs is 1. The first-order chi connectivity index (χ1) is 9.95. The fourth-order valence-corrected chi connectivity index (χ4v) is 3.48. The Bertz CT molecular complexity index is 881. The quantitative estimate of drug-likeness (QED) is 0.781. The maximum Gasteiger partial charge on any atom is 0.264 e. The van der Waals surface area contributed by atoms with Crippen LogP contribution < -0.4 is 4.72 Å². The number of rotatable bonds is 3. The third kappa shape index (κ3) is 2.62. The van der Waals surface area contributed by atoms with Gasteiger partial charge < -0.3 is 4.98 Å². The standard InChI is InChI=1S/C15H15N3O2S/c1-10-7-8-14(11(2)9-10)21(19,20)18-15-16-12-5-3-4-6-13(12)17-15/h3-9H,1-2H3,(H2,16,17,18). The van der Waals surface area contributed by atoms with E-state index in [2.05, 4.69) is 14.7 Å². The van der Waals surface area contributed by atoms with Crippen LogP contribution in [-0.4, -0.2) is 18.4 Å². The topological polar surface area (TPSA) is 74.8 Å². The second kappa shape index (κ2) is 4.89. The number of hydrogen-bond donors (Lipinski definition) is 2. The lowest BCUT2D eigenvalue weighted by Crippen LogP contribution is -2.15. The zero-order valence-corrected chi connectivity index (χ0v) is 12.5. The molecule has 0 unspecified atom stereocenters. The van der Waals surface area contributed by atoms with Crippen molar-refractivity contribution >= 4 is 27.0 Å². The summed E-state index contributed by atoms with van der Waals surface area (Å²) in [6.07, 6.45) is 0. The van der Waals surface area contributed by atoms with E-state index in [1.807, 2.05) is 37.3 Å². The monoisotopic (exact) mass is 301 g/mol. The Labute approximate surface area is 123 Å². The summed E-state index contributed by atoms with van der Waals surface area (Å²) in [4.78, 5) is 7.43. The second-order valence-corrected chi connectivity index (χ2v) is 6.63. The zero-order chi connectivity index (χ0) is 15.0. The van der Waals surface area contributed by atoms with Crippen LogP contribution in [0.4, 0.5) is 5.95 Å². The normalized spacial score (nSPS) is 11.7. The van der Waals surface area contributed by atoms with Crippen LogP contribution >= 0.6 is 0 Å². The van der Waals surface area contributed by atoms with Gasteiger partial charge in [0.2, 0.25) is 5.95 Å². The van der Waals surface area contributed by atoms with Crippen LogP contribution in [-0.2, 0) is 10.0 Å². The van der Waals surface area contributed by atoms with Gasteiger partial charge in [-0.1, -0.05) is 29.8 Å². The van der Waals surface area contributed by atoms with E-state index in [-0.39, 0.29) is 10.8 Å². The number of benzene rings is 2. The molecule has 0 bridgehead atoms. The molecule has 0 atom stereocenters. The maximum atomic E-state index is 12.4. The fraction of sp³-hybridized carbons (Fsp3) is 0.133. The minimum atomic E-state index is -3.65. The molecule has 0 radical (unpaired) electrons. The van der Waals surface area contributed by atoms with E-state index in [1.54, 1.807) is 19.1 Å². The van der Waals surface area contributed by atoms with Crippen LogP contribution in [0.2, 0.25) is 0 Å². The number of hydrogen-bond acceptors (Lipinski definition) is 3. The van der Waals surface area contributed by atoms with Crippen molar-refractivity contribution in [3.8, 4) is 0 Å². The SMILES string of the molecule is Cc1ccc(S(=O)(=O)Nc2nc3ccccc3[nH]2)c(C)c1. The highest BCUT2D eigenvalue weighted by Gasteiger charge is 2.18. The van der Waals surface area contributed by atoms with Crippen molar-refractivity contribution in [1.82, 2.24) is 9.97 Å². The molecule has 108 valence electrons. The Morgan fingerprint density at radius 2 is 1.86 bits per heavy atom. The highest BCUT2D eigenvalue weighted by Crippen LogP contribution is 2.20. The summed E-state index contributed by atoms with van der Waals surface area (Å²) in [5, 5.41) is 0. The molecule has 6 heteroatoms. The van der Waals surface area contributed by atoms with Crippen LogP contribution in [0.15, 0.2) is 47.4 Å². The lowest BCUT2D eigenvalue weighted by Gasteiger charge is -2.08. The largest absolute Gasteiger partial charge is 0.323 e. The molecule has 0 aliphatic carbocycles. The summed E-state index contributed by atoms with van der Waals surface area (Å²) >= 11 is 0. The van der Waals surface area contributed by atoms with Gasteiger partial charge in [-0.25, -0.2) is 18.1 Å². The molecule has 1 aromatic heterocycles. The zero-order valence-electron chi connectivity index (χ0n) is 11.7. The van der Waals surface area contributed by atoms with Crippen LogP contribution in [0.1, 0.15) is 11.1 Å². The van der Waals surface area contributed by atoms with E-state index in [0.717, 1.165) is 16.6 Å². The summed E-state index contributed by atoms with van der Waals surface area (Å²) in [6.45, 7) is 3.70. The molecule has 0 aliphatic rings. The molecule has 2 N–H and O–H groups in total. The van der Waals surface area contributed by atoms with E-state index in [1.165, 1.54) is 0 Å². The number of para-hydroxylation sites is 2. The number of sulfonamides is 1. The molecule has 0 fully saturated rings. The second-order valence-electron chi connectivity index (χ2n) is 4.98. The number of aromatic amines is 1. The van der Waals surface area contributed by atoms with Crippen molar-refractivity contribution < 1.29 is 8.42 Å². The Morgan fingerprint density at radius 1 is 1.10 bits per heavy atom. The van der Waals surface area contributed by atoms with Gasteiger partial charge in [0, 0.05) is 0 Å². The molecule has 0 saturated heterocycles. The number of aryl methyl sites for hydroxylation is 2. The number of nitrogens with one attached hydrogen (secondary N) is 2. The van der Waals surface area contributed by atoms with Gasteiger partial charge in [0.1, 0.15) is 0 Å². The molecule has 1 heterocycles. The third-order valence-corrected chi connectivity index (χ3v) is 4.74. The van der Waals surface area contributed by atoms with Gasteiger partial charge in [-0.3, -0.25) is 0 Å². The molecule has 2 aromatic carbocycles. The van der Waals surface area contributed by atoms with Gasteiger partial charge >= 0.3 is 0 Å². The molecule has 5 nitrogen and oxygen atoms in total. The van der Waals surface area contributed by atoms with Crippen molar-refractivity contribution in [2.24, 2.45) is 0 Å². The first-order valence-electron chi connectivity index (χ1n) is 6.50. The minimum absolute atomic E-state index is 0.219. The van der Waals surface area contributed by atoms with E-state index < -0.39 is 10.0 Å². The number of imidazole rings is 1. The van der Waals surface area contributed by atoms with Crippen LogP contribution in [0, 0.1) is 13.8 Å². The molecular formula is C15H15N3O2S. The molecule has 3 rings (SSSR count). The number of nitrogens with zero attached hydrogens (tertiary/aromatic N) is 1. The number of H-pyrrole nitrogens is 1. The molecule has 21 heavy (non-hydrogen) atoms. The molecule has 0 spiro atoms. The van der Waals surface area contributed by atoms with Gasteiger partial charge in [0.25, 0.3) is 10.0 Å². The summed E-state index contributed by atoms with van der Waals surface area (Å²) in [6, 6.07) is 12.6. The average molecular weight is 301 g/mol. The Kier molecular flexibility index (Phi) is 3.17. The van der Waals surface area contributed by atoms with Crippen molar-refractivity contribution in [2.45, 2.75) is 18.7 Å². The smallest absolute Gasteiger partial charge is 0.264 e. The fourth-order valence-electron chi connectivity index (χ4n) is 2.28. The number of anilines is 1. The highest BCUT2D eigenvalue weighted by atomic mass is 32.2. The third-order valence-electron chi connectivity index (χ3n) is 3.24. The summed E-state index contributed by atoms with van der Waals surface area (Å²) in [7, 11) is -3.65. The molecule has 0 aliphatic heterocycles. The van der Waals surface area contributed by atoms with E-state index >= 15 is 0 Å². The molecular weight excluding hydrogens is 286 g/mol. The lowest BCUT2D eigenvalue weighted by atomic mass is 10.2. The Hall–Kier alpha value is -2.34. The number of aromatic nitrogens is 2. The van der Waals surface area contributed by atoms with Crippen molar-refractivity contribution in [2.75, 3.05) is 4.72 Å².